The van der Waals surface area contributed by atoms with Crippen LogP contribution in [0.1, 0.15) is 55.1 Å². The van der Waals surface area contributed by atoms with Crippen LogP contribution < -0.4 is 5.32 Å². The summed E-state index contributed by atoms with van der Waals surface area (Å²) in [6.07, 6.45) is 5.43. The van der Waals surface area contributed by atoms with Gasteiger partial charge in [-0.2, -0.15) is 0 Å². The highest BCUT2D eigenvalue weighted by atomic mass is 32.2. The number of amides is 1. The van der Waals surface area contributed by atoms with Gasteiger partial charge in [-0.3, -0.25) is 4.79 Å². The lowest BCUT2D eigenvalue weighted by molar-refractivity contribution is 0.0917. The van der Waals surface area contributed by atoms with Gasteiger partial charge in [-0.05, 0) is 25.7 Å². The van der Waals surface area contributed by atoms with Crippen molar-refractivity contribution in [2.24, 2.45) is 5.92 Å². The van der Waals surface area contributed by atoms with E-state index in [2.05, 4.69) is 12.2 Å². The van der Waals surface area contributed by atoms with E-state index < -0.39 is 10.0 Å². The molecule has 2 rings (SSSR count). The summed E-state index contributed by atoms with van der Waals surface area (Å²) in [5.41, 5.74) is 0.295. The lowest BCUT2D eigenvalue weighted by atomic mass is 9.84. The standard InChI is InChI=1S/C16H26N2O4S/c1-5-12-7-6-8-13(9-12)17-16(19)14-10-15(22-11(14)2)23(20,21)18(3)4/h10,12-13H,5-9H2,1-4H3,(H,17,19)/t12-,13+/m1/s1. The SMILES string of the molecule is CC[C@@H]1CCC[C@H](NC(=O)c2cc(S(=O)(=O)N(C)C)oc2C)C1. The molecule has 1 aromatic heterocycles. The zero-order valence-corrected chi connectivity index (χ0v) is 15.1. The third-order valence-electron chi connectivity index (χ3n) is 4.57. The Kier molecular flexibility index (Phi) is 5.52. The molecule has 0 unspecified atom stereocenters. The van der Waals surface area contributed by atoms with E-state index in [9.17, 15) is 13.2 Å². The summed E-state index contributed by atoms with van der Waals surface area (Å²) in [4.78, 5) is 12.5. The summed E-state index contributed by atoms with van der Waals surface area (Å²) in [5, 5.41) is 2.83. The van der Waals surface area contributed by atoms with Gasteiger partial charge in [0, 0.05) is 26.2 Å². The number of hydrogen-bond donors (Lipinski definition) is 1. The first-order valence-electron chi connectivity index (χ1n) is 8.09. The lowest BCUT2D eigenvalue weighted by Crippen LogP contribution is -2.38. The first-order valence-corrected chi connectivity index (χ1v) is 9.53. The molecule has 0 saturated heterocycles. The number of furan rings is 1. The number of sulfonamides is 1. The van der Waals surface area contributed by atoms with Crippen molar-refractivity contribution in [1.82, 2.24) is 9.62 Å². The molecule has 1 N–H and O–H groups in total. The van der Waals surface area contributed by atoms with Crippen LogP contribution in [0.15, 0.2) is 15.6 Å². The van der Waals surface area contributed by atoms with Gasteiger partial charge in [-0.25, -0.2) is 12.7 Å². The number of hydrogen-bond acceptors (Lipinski definition) is 4. The average molecular weight is 342 g/mol. The minimum atomic E-state index is -3.67. The van der Waals surface area contributed by atoms with Crippen molar-refractivity contribution in [3.8, 4) is 0 Å². The molecular formula is C16H26N2O4S. The van der Waals surface area contributed by atoms with Crippen LogP contribution in [0.25, 0.3) is 0 Å². The molecule has 1 fully saturated rings. The van der Waals surface area contributed by atoms with E-state index in [0.717, 1.165) is 30.0 Å². The van der Waals surface area contributed by atoms with Crippen LogP contribution in [0.5, 0.6) is 0 Å². The number of nitrogens with zero attached hydrogens (tertiary/aromatic N) is 1. The van der Waals surface area contributed by atoms with Crippen molar-refractivity contribution in [3.63, 3.8) is 0 Å². The monoisotopic (exact) mass is 342 g/mol. The van der Waals surface area contributed by atoms with Crippen molar-refractivity contribution in [3.05, 3.63) is 17.4 Å². The van der Waals surface area contributed by atoms with Gasteiger partial charge in [0.15, 0.2) is 0 Å². The Balaban J connectivity index is 2.13. The van der Waals surface area contributed by atoms with Crippen LogP contribution in [0.3, 0.4) is 0 Å². The average Bonchev–Trinajstić information content (AvgIpc) is 2.90. The van der Waals surface area contributed by atoms with Gasteiger partial charge in [0.05, 0.1) is 5.56 Å². The van der Waals surface area contributed by atoms with Crippen LogP contribution in [-0.2, 0) is 10.0 Å². The number of carbonyl (C=O) groups is 1. The van der Waals surface area contributed by atoms with Gasteiger partial charge in [0.25, 0.3) is 15.9 Å². The normalized spacial score (nSPS) is 22.3. The Hall–Kier alpha value is -1.34. The van der Waals surface area contributed by atoms with E-state index in [1.807, 2.05) is 0 Å². The molecule has 2 atom stereocenters. The quantitative estimate of drug-likeness (QED) is 0.892. The van der Waals surface area contributed by atoms with Crippen LogP contribution >= 0.6 is 0 Å². The van der Waals surface area contributed by atoms with E-state index in [-0.39, 0.29) is 17.0 Å². The smallest absolute Gasteiger partial charge is 0.275 e. The Morgan fingerprint density at radius 1 is 1.39 bits per heavy atom. The molecule has 1 aliphatic rings. The highest BCUT2D eigenvalue weighted by Gasteiger charge is 2.28. The van der Waals surface area contributed by atoms with Gasteiger partial charge >= 0.3 is 0 Å². The molecule has 0 bridgehead atoms. The van der Waals surface area contributed by atoms with Gasteiger partial charge < -0.3 is 9.73 Å². The Morgan fingerprint density at radius 2 is 2.09 bits per heavy atom. The molecule has 23 heavy (non-hydrogen) atoms. The van der Waals surface area contributed by atoms with Crippen LogP contribution in [-0.4, -0.2) is 38.8 Å². The molecule has 1 heterocycles. The van der Waals surface area contributed by atoms with Gasteiger partial charge in [-0.1, -0.05) is 26.2 Å². The highest BCUT2D eigenvalue weighted by Crippen LogP contribution is 2.27. The second-order valence-corrected chi connectivity index (χ2v) is 8.52. The van der Waals surface area contributed by atoms with Crippen LogP contribution in [0, 0.1) is 12.8 Å². The highest BCUT2D eigenvalue weighted by molar-refractivity contribution is 7.88. The molecule has 130 valence electrons. The minimum absolute atomic E-state index is 0.157. The second-order valence-electron chi connectivity index (χ2n) is 6.43. The fourth-order valence-corrected chi connectivity index (χ4v) is 3.90. The lowest BCUT2D eigenvalue weighted by Gasteiger charge is -2.29. The molecule has 1 amide bonds. The van der Waals surface area contributed by atoms with Crippen LogP contribution in [0.2, 0.25) is 0 Å². The fourth-order valence-electron chi connectivity index (χ4n) is 3.04. The van der Waals surface area contributed by atoms with Gasteiger partial charge in [0.2, 0.25) is 5.09 Å². The topological polar surface area (TPSA) is 79.6 Å². The zero-order chi connectivity index (χ0) is 17.2. The van der Waals surface area contributed by atoms with Crippen molar-refractivity contribution in [1.29, 1.82) is 0 Å². The molecule has 0 aromatic carbocycles. The summed E-state index contributed by atoms with van der Waals surface area (Å²) in [6, 6.07) is 1.48. The maximum Gasteiger partial charge on any atom is 0.275 e. The molecule has 6 nitrogen and oxygen atoms in total. The summed E-state index contributed by atoms with van der Waals surface area (Å²) >= 11 is 0. The molecule has 1 saturated carbocycles. The Labute approximate surface area is 138 Å². The van der Waals surface area contributed by atoms with Crippen molar-refractivity contribution < 1.29 is 17.6 Å². The van der Waals surface area contributed by atoms with Crippen LogP contribution in [0.4, 0.5) is 0 Å². The third-order valence-corrected chi connectivity index (χ3v) is 6.24. The number of rotatable bonds is 5. The minimum Gasteiger partial charge on any atom is -0.448 e. The summed E-state index contributed by atoms with van der Waals surface area (Å²) in [7, 11) is -0.810. The van der Waals surface area contributed by atoms with Gasteiger partial charge in [-0.15, -0.1) is 0 Å². The van der Waals surface area contributed by atoms with Crippen molar-refractivity contribution >= 4 is 15.9 Å². The fraction of sp³-hybridized carbons (Fsp3) is 0.688. The number of carbonyl (C=O) groups excluding carboxylic acids is 1. The molecule has 0 spiro atoms. The van der Waals surface area contributed by atoms with Gasteiger partial charge in [0.1, 0.15) is 5.76 Å². The predicted octanol–water partition coefficient (Wildman–Crippen LogP) is 2.54. The van der Waals surface area contributed by atoms with E-state index >= 15 is 0 Å². The van der Waals surface area contributed by atoms with E-state index in [1.165, 1.54) is 26.6 Å². The molecular weight excluding hydrogens is 316 g/mol. The molecule has 0 aliphatic heterocycles. The van der Waals surface area contributed by atoms with Crippen molar-refractivity contribution in [2.75, 3.05) is 14.1 Å². The third kappa shape index (κ3) is 3.95. The molecule has 7 heteroatoms. The maximum atomic E-state index is 12.5. The van der Waals surface area contributed by atoms with E-state index in [0.29, 0.717) is 17.2 Å². The largest absolute Gasteiger partial charge is 0.448 e. The Morgan fingerprint density at radius 3 is 2.70 bits per heavy atom. The first-order chi connectivity index (χ1) is 10.8. The zero-order valence-electron chi connectivity index (χ0n) is 14.3. The predicted molar refractivity (Wildman–Crippen MR) is 87.8 cm³/mol. The Bertz CT molecular complexity index is 664. The van der Waals surface area contributed by atoms with E-state index in [1.54, 1.807) is 6.92 Å². The molecule has 1 aromatic rings. The molecule has 0 radical (unpaired) electrons. The summed E-state index contributed by atoms with van der Waals surface area (Å²) in [5.74, 6) is 0.725. The first kappa shape index (κ1) is 18.0. The molecule has 1 aliphatic carbocycles. The number of aryl methyl sites for hydroxylation is 1. The second kappa shape index (κ2) is 7.05. The van der Waals surface area contributed by atoms with E-state index in [4.69, 9.17) is 4.42 Å². The summed E-state index contributed by atoms with van der Waals surface area (Å²) in [6.45, 7) is 3.78. The number of nitrogens with one attached hydrogen (secondary N) is 1. The summed E-state index contributed by atoms with van der Waals surface area (Å²) < 4.78 is 30.6. The van der Waals surface area contributed by atoms with Crippen molar-refractivity contribution in [2.45, 2.75) is 57.1 Å². The maximum absolute atomic E-state index is 12.5.